The number of rotatable bonds is 6. The molecule has 0 radical (unpaired) electrons. The Balaban J connectivity index is 1.67. The number of pyridine rings is 2. The Hall–Kier alpha value is -4.11. The van der Waals surface area contributed by atoms with E-state index in [-0.39, 0.29) is 11.7 Å². The fourth-order valence-electron chi connectivity index (χ4n) is 5.68. The highest BCUT2D eigenvalue weighted by Gasteiger charge is 2.31. The molecule has 5 heterocycles. The number of esters is 1. The molecule has 0 saturated carbocycles. The largest absolute Gasteiger partial charge is 0.461 e. The van der Waals surface area contributed by atoms with Crippen molar-refractivity contribution in [1.82, 2.24) is 29.5 Å². The van der Waals surface area contributed by atoms with Gasteiger partial charge in [0.2, 0.25) is 0 Å². The number of aromatic nitrogens is 6. The summed E-state index contributed by atoms with van der Waals surface area (Å²) in [5.41, 5.74) is 6.66. The fraction of sp³-hybridized carbons (Fsp3) is 0.345. The van der Waals surface area contributed by atoms with Gasteiger partial charge in [-0.05, 0) is 56.4 Å². The number of hydrogen-bond donors (Lipinski definition) is 0. The second-order valence-corrected chi connectivity index (χ2v) is 9.70. The maximum atomic E-state index is 12.7. The quantitative estimate of drug-likeness (QED) is 0.300. The highest BCUT2D eigenvalue weighted by atomic mass is 16.5. The normalized spacial score (nSPS) is 15.2. The van der Waals surface area contributed by atoms with E-state index in [9.17, 15) is 4.79 Å². The third-order valence-corrected chi connectivity index (χ3v) is 7.37. The van der Waals surface area contributed by atoms with Crippen molar-refractivity contribution in [3.8, 4) is 11.3 Å². The number of carbonyl (C=O) groups excluding carboxylic acids is 1. The summed E-state index contributed by atoms with van der Waals surface area (Å²) in [7, 11) is 1.89. The van der Waals surface area contributed by atoms with Gasteiger partial charge in [0.25, 0.3) is 0 Å². The van der Waals surface area contributed by atoms with Crippen molar-refractivity contribution in [3.63, 3.8) is 0 Å². The number of aryl methyl sites for hydroxylation is 2. The third kappa shape index (κ3) is 4.12. The van der Waals surface area contributed by atoms with Gasteiger partial charge in [-0.2, -0.15) is 0 Å². The lowest BCUT2D eigenvalue weighted by molar-refractivity contribution is 0.0519. The number of fused-ring (bicyclic) bond motifs is 3. The van der Waals surface area contributed by atoms with Crippen LogP contribution in [0.1, 0.15) is 47.6 Å². The monoisotopic (exact) mass is 510 g/mol. The van der Waals surface area contributed by atoms with Gasteiger partial charge >= 0.3 is 5.97 Å². The molecule has 1 unspecified atom stereocenters. The first-order chi connectivity index (χ1) is 18.6. The Labute approximate surface area is 220 Å². The molecule has 1 aliphatic rings. The molecular weight excluding hydrogens is 480 g/mol. The van der Waals surface area contributed by atoms with Gasteiger partial charge < -0.3 is 14.0 Å². The number of nitrogens with zero attached hydrogens (tertiary/aromatic N) is 6. The van der Waals surface area contributed by atoms with Crippen LogP contribution in [0.25, 0.3) is 33.3 Å². The summed E-state index contributed by atoms with van der Waals surface area (Å²) in [5.74, 6) is -0.111. The number of ether oxygens (including phenoxy) is 2. The Morgan fingerprint density at radius 3 is 2.66 bits per heavy atom. The number of hydrogen-bond acceptors (Lipinski definition) is 7. The van der Waals surface area contributed by atoms with E-state index in [2.05, 4.69) is 45.2 Å². The van der Waals surface area contributed by atoms with Crippen LogP contribution in [0.2, 0.25) is 0 Å². The summed E-state index contributed by atoms with van der Waals surface area (Å²) in [6.07, 6.45) is 3.72. The Bertz CT molecular complexity index is 1600. The Morgan fingerprint density at radius 2 is 1.95 bits per heavy atom. The van der Waals surface area contributed by atoms with Crippen LogP contribution in [0.5, 0.6) is 0 Å². The lowest BCUT2D eigenvalue weighted by atomic mass is 9.86. The summed E-state index contributed by atoms with van der Waals surface area (Å²) in [6, 6.07) is 16.3. The van der Waals surface area contributed by atoms with E-state index in [1.54, 1.807) is 17.7 Å². The molecule has 0 spiro atoms. The average Bonchev–Trinajstić information content (AvgIpc) is 3.45. The fourth-order valence-corrected chi connectivity index (χ4v) is 5.68. The first-order valence-electron chi connectivity index (χ1n) is 13.0. The number of benzene rings is 1. The molecule has 0 amide bonds. The van der Waals surface area contributed by atoms with Crippen molar-refractivity contribution in [2.75, 3.05) is 19.8 Å². The zero-order valence-electron chi connectivity index (χ0n) is 21.8. The van der Waals surface area contributed by atoms with Gasteiger partial charge in [0.1, 0.15) is 5.65 Å². The molecule has 6 rings (SSSR count). The van der Waals surface area contributed by atoms with E-state index in [4.69, 9.17) is 19.4 Å². The smallest absolute Gasteiger partial charge is 0.356 e. The summed E-state index contributed by atoms with van der Waals surface area (Å²) in [5, 5.41) is 9.34. The van der Waals surface area contributed by atoms with Gasteiger partial charge in [0.05, 0.1) is 35.1 Å². The zero-order valence-corrected chi connectivity index (χ0v) is 21.8. The standard InChI is InChI=1S/C29H30N6O3/c1-4-38-29(36)23-11-10-22-25-24(16-21(17-30-25)26-18(2)32-33-34(26)3)35(28(22)31-23)27(19-8-6-5-7-9-19)20-12-14-37-15-13-20/h5-11,16-17,20,27H,4,12-15H2,1-3H3. The van der Waals surface area contributed by atoms with Crippen LogP contribution in [-0.2, 0) is 16.5 Å². The molecule has 1 aromatic carbocycles. The molecule has 194 valence electrons. The van der Waals surface area contributed by atoms with Crippen LogP contribution in [0.4, 0.5) is 0 Å². The van der Waals surface area contributed by atoms with Gasteiger partial charge in [-0.25, -0.2) is 14.5 Å². The second-order valence-electron chi connectivity index (χ2n) is 9.70. The van der Waals surface area contributed by atoms with Crippen molar-refractivity contribution in [2.45, 2.75) is 32.7 Å². The van der Waals surface area contributed by atoms with Crippen molar-refractivity contribution in [3.05, 3.63) is 71.7 Å². The van der Waals surface area contributed by atoms with E-state index >= 15 is 0 Å². The average molecular weight is 511 g/mol. The molecule has 38 heavy (non-hydrogen) atoms. The van der Waals surface area contributed by atoms with Crippen molar-refractivity contribution < 1.29 is 14.3 Å². The lowest BCUT2D eigenvalue weighted by Gasteiger charge is -2.32. The predicted octanol–water partition coefficient (Wildman–Crippen LogP) is 4.88. The predicted molar refractivity (Wildman–Crippen MR) is 144 cm³/mol. The van der Waals surface area contributed by atoms with Crippen molar-refractivity contribution in [1.29, 1.82) is 0 Å². The molecule has 0 bridgehead atoms. The van der Waals surface area contributed by atoms with Crippen molar-refractivity contribution in [2.24, 2.45) is 13.0 Å². The van der Waals surface area contributed by atoms with Gasteiger partial charge in [0, 0.05) is 37.4 Å². The molecule has 9 nitrogen and oxygen atoms in total. The highest BCUT2D eigenvalue weighted by Crippen LogP contribution is 2.40. The molecule has 1 fully saturated rings. The van der Waals surface area contributed by atoms with Gasteiger partial charge in [-0.1, -0.05) is 35.5 Å². The molecule has 1 atom stereocenters. The van der Waals surface area contributed by atoms with Crippen LogP contribution in [0, 0.1) is 12.8 Å². The number of carbonyl (C=O) groups is 1. The van der Waals surface area contributed by atoms with Crippen LogP contribution in [-0.4, -0.2) is 55.3 Å². The van der Waals surface area contributed by atoms with Crippen LogP contribution in [0.15, 0.2) is 54.7 Å². The summed E-state index contributed by atoms with van der Waals surface area (Å²) in [6.45, 7) is 5.47. The summed E-state index contributed by atoms with van der Waals surface area (Å²) < 4.78 is 15.1. The first kappa shape index (κ1) is 24.2. The van der Waals surface area contributed by atoms with E-state index in [0.717, 1.165) is 65.1 Å². The molecule has 1 aliphatic heterocycles. The van der Waals surface area contributed by atoms with Gasteiger partial charge in [-0.15, -0.1) is 5.10 Å². The molecule has 0 N–H and O–H groups in total. The molecular formula is C29H30N6O3. The van der Waals surface area contributed by atoms with Gasteiger partial charge in [-0.3, -0.25) is 4.98 Å². The SMILES string of the molecule is CCOC(=O)c1ccc2c3ncc(-c4c(C)nnn4C)cc3n(C(c3ccccc3)C3CCOCC3)c2n1. The summed E-state index contributed by atoms with van der Waals surface area (Å²) in [4.78, 5) is 22.5. The molecule has 9 heteroatoms. The molecule has 5 aromatic rings. The molecule has 0 aliphatic carbocycles. The first-order valence-corrected chi connectivity index (χ1v) is 13.0. The van der Waals surface area contributed by atoms with E-state index in [0.29, 0.717) is 12.5 Å². The minimum atomic E-state index is -0.432. The van der Waals surface area contributed by atoms with Crippen LogP contribution in [0.3, 0.4) is 0 Å². The minimum Gasteiger partial charge on any atom is -0.461 e. The second kappa shape index (κ2) is 9.98. The highest BCUT2D eigenvalue weighted by molar-refractivity contribution is 6.06. The van der Waals surface area contributed by atoms with E-state index < -0.39 is 5.97 Å². The lowest BCUT2D eigenvalue weighted by Crippen LogP contribution is -2.27. The minimum absolute atomic E-state index is 0.0205. The van der Waals surface area contributed by atoms with E-state index in [1.807, 2.05) is 32.3 Å². The molecule has 4 aromatic heterocycles. The van der Waals surface area contributed by atoms with Gasteiger partial charge in [0.15, 0.2) is 5.69 Å². The van der Waals surface area contributed by atoms with Crippen LogP contribution >= 0.6 is 0 Å². The Kier molecular flexibility index (Phi) is 6.37. The topological polar surface area (TPSA) is 97.0 Å². The maximum absolute atomic E-state index is 12.7. The van der Waals surface area contributed by atoms with E-state index in [1.165, 1.54) is 5.56 Å². The molecule has 1 saturated heterocycles. The third-order valence-electron chi connectivity index (χ3n) is 7.37. The maximum Gasteiger partial charge on any atom is 0.356 e. The zero-order chi connectivity index (χ0) is 26.2. The van der Waals surface area contributed by atoms with Crippen LogP contribution < -0.4 is 0 Å². The Morgan fingerprint density at radius 1 is 1.16 bits per heavy atom. The summed E-state index contributed by atoms with van der Waals surface area (Å²) >= 11 is 0. The van der Waals surface area contributed by atoms with Crippen molar-refractivity contribution >= 4 is 28.0 Å².